The van der Waals surface area contributed by atoms with Crippen molar-refractivity contribution >= 4 is 79.8 Å². The van der Waals surface area contributed by atoms with Crippen molar-refractivity contribution < 1.29 is 9.21 Å². The summed E-state index contributed by atoms with van der Waals surface area (Å²) in [6.07, 6.45) is 2.93. The van der Waals surface area contributed by atoms with E-state index in [0.717, 1.165) is 31.9 Å². The van der Waals surface area contributed by atoms with Crippen LogP contribution in [-0.4, -0.2) is 16.0 Å². The highest BCUT2D eigenvalue weighted by atomic mass is 35.5. The van der Waals surface area contributed by atoms with Gasteiger partial charge < -0.3 is 9.73 Å². The van der Waals surface area contributed by atoms with Gasteiger partial charge >= 0.3 is 0 Å². The van der Waals surface area contributed by atoms with Gasteiger partial charge in [-0.1, -0.05) is 47.5 Å². The molecule has 0 saturated carbocycles. The van der Waals surface area contributed by atoms with E-state index < -0.39 is 5.91 Å². The van der Waals surface area contributed by atoms with Crippen LogP contribution in [0, 0.1) is 6.92 Å². The first-order chi connectivity index (χ1) is 17.9. The number of para-hydroxylation sites is 1. The number of thiocarbonyl (C=S) groups is 1. The number of benzene rings is 3. The second-order valence-corrected chi connectivity index (χ2v) is 10.4. The Morgan fingerprint density at radius 3 is 2.68 bits per heavy atom. The second kappa shape index (κ2) is 10.9. The number of anilines is 1. The molecule has 0 aliphatic heterocycles. The van der Waals surface area contributed by atoms with Crippen LogP contribution in [0.25, 0.3) is 38.2 Å². The van der Waals surface area contributed by atoms with Gasteiger partial charge in [-0.2, -0.15) is 0 Å². The molecule has 0 bridgehead atoms. The van der Waals surface area contributed by atoms with E-state index in [1.807, 2.05) is 61.5 Å². The van der Waals surface area contributed by atoms with E-state index in [4.69, 9.17) is 39.8 Å². The smallest absolute Gasteiger partial charge is 0.250 e. The normalized spacial score (nSPS) is 11.2. The third kappa shape index (κ3) is 5.92. The molecule has 2 heterocycles. The van der Waals surface area contributed by atoms with Crippen molar-refractivity contribution in [1.29, 1.82) is 0 Å². The zero-order valence-corrected chi connectivity index (χ0v) is 22.6. The SMILES string of the molecule is Cc1ccc(-c2ccc(/C=C/C(=O)NC(=S)Nc3ccc(Cl)c(-c4nc5ccccc5s4)c3)o2)cc1Cl. The highest BCUT2D eigenvalue weighted by molar-refractivity contribution is 7.80. The number of furan rings is 1. The molecule has 2 N–H and O–H groups in total. The van der Waals surface area contributed by atoms with Gasteiger partial charge in [0.25, 0.3) is 0 Å². The lowest BCUT2D eigenvalue weighted by molar-refractivity contribution is -0.115. The Balaban J connectivity index is 1.22. The number of amides is 1. The number of fused-ring (bicyclic) bond motifs is 1. The van der Waals surface area contributed by atoms with Crippen molar-refractivity contribution in [2.24, 2.45) is 0 Å². The van der Waals surface area contributed by atoms with Gasteiger partial charge in [-0.3, -0.25) is 10.1 Å². The lowest BCUT2D eigenvalue weighted by Crippen LogP contribution is -2.32. The van der Waals surface area contributed by atoms with Crippen LogP contribution < -0.4 is 10.6 Å². The molecular formula is C28H19Cl2N3O2S2. The minimum atomic E-state index is -0.394. The number of halogens is 2. The fourth-order valence-electron chi connectivity index (χ4n) is 3.57. The summed E-state index contributed by atoms with van der Waals surface area (Å²) >= 11 is 19.5. The molecule has 184 valence electrons. The summed E-state index contributed by atoms with van der Waals surface area (Å²) in [7, 11) is 0. The Kier molecular flexibility index (Phi) is 7.39. The average Bonchev–Trinajstić information content (AvgIpc) is 3.53. The standard InChI is InChI=1S/C28H19Cl2N3O2S2/c1-16-6-7-17(14-22(16)30)24-12-9-19(35-24)10-13-26(34)33-28(36)31-18-8-11-21(29)20(15-18)27-32-23-4-2-3-5-25(23)37-27/h2-15H,1H3,(H2,31,33,34,36)/b13-10+. The fourth-order valence-corrected chi connectivity index (χ4v) is 5.23. The third-order valence-corrected chi connectivity index (χ3v) is 7.48. The van der Waals surface area contributed by atoms with E-state index in [1.54, 1.807) is 35.6 Å². The van der Waals surface area contributed by atoms with Gasteiger partial charge in [0.1, 0.15) is 16.5 Å². The average molecular weight is 565 g/mol. The molecular weight excluding hydrogens is 545 g/mol. The summed E-state index contributed by atoms with van der Waals surface area (Å²) < 4.78 is 6.89. The third-order valence-electron chi connectivity index (χ3n) is 5.47. The molecule has 5 aromatic rings. The first-order valence-electron chi connectivity index (χ1n) is 11.2. The number of aryl methyl sites for hydroxylation is 1. The zero-order chi connectivity index (χ0) is 25.9. The molecule has 0 radical (unpaired) electrons. The van der Waals surface area contributed by atoms with Gasteiger partial charge in [0.05, 0.1) is 15.2 Å². The van der Waals surface area contributed by atoms with Crippen LogP contribution in [0.2, 0.25) is 10.0 Å². The minimum absolute atomic E-state index is 0.154. The number of hydrogen-bond acceptors (Lipinski definition) is 5. The lowest BCUT2D eigenvalue weighted by atomic mass is 10.1. The van der Waals surface area contributed by atoms with Gasteiger partial charge in [-0.25, -0.2) is 4.98 Å². The molecule has 5 nitrogen and oxygen atoms in total. The number of thiazole rings is 1. The Hall–Kier alpha value is -3.49. The molecule has 0 atom stereocenters. The highest BCUT2D eigenvalue weighted by Crippen LogP contribution is 2.36. The summed E-state index contributed by atoms with van der Waals surface area (Å²) in [6, 6.07) is 22.6. The van der Waals surface area contributed by atoms with Gasteiger partial charge in [-0.05, 0) is 79.3 Å². The van der Waals surface area contributed by atoms with Crippen molar-refractivity contribution in [3.8, 4) is 21.9 Å². The molecule has 1 amide bonds. The molecule has 0 saturated heterocycles. The van der Waals surface area contributed by atoms with Crippen molar-refractivity contribution in [2.45, 2.75) is 6.92 Å². The Bertz CT molecular complexity index is 1640. The molecule has 5 rings (SSSR count). The predicted molar refractivity (Wildman–Crippen MR) is 157 cm³/mol. The molecule has 9 heteroatoms. The summed E-state index contributed by atoms with van der Waals surface area (Å²) in [5.74, 6) is 0.791. The van der Waals surface area contributed by atoms with E-state index in [-0.39, 0.29) is 5.11 Å². The van der Waals surface area contributed by atoms with Crippen LogP contribution >= 0.6 is 46.8 Å². The van der Waals surface area contributed by atoms with E-state index in [1.165, 1.54) is 6.08 Å². The predicted octanol–water partition coefficient (Wildman–Crippen LogP) is 8.36. The molecule has 0 aliphatic carbocycles. The van der Waals surface area contributed by atoms with E-state index in [2.05, 4.69) is 15.6 Å². The monoisotopic (exact) mass is 563 g/mol. The second-order valence-electron chi connectivity index (χ2n) is 8.12. The van der Waals surface area contributed by atoms with Crippen molar-refractivity contribution in [3.63, 3.8) is 0 Å². The fraction of sp³-hybridized carbons (Fsp3) is 0.0357. The quantitative estimate of drug-likeness (QED) is 0.166. The van der Waals surface area contributed by atoms with E-state index >= 15 is 0 Å². The maximum atomic E-state index is 12.4. The lowest BCUT2D eigenvalue weighted by Gasteiger charge is -2.10. The molecule has 0 unspecified atom stereocenters. The molecule has 0 aliphatic rings. The van der Waals surface area contributed by atoms with Crippen LogP contribution in [-0.2, 0) is 4.79 Å². The molecule has 37 heavy (non-hydrogen) atoms. The largest absolute Gasteiger partial charge is 0.457 e. The summed E-state index contributed by atoms with van der Waals surface area (Å²) in [5.41, 5.74) is 4.23. The number of hydrogen-bond donors (Lipinski definition) is 2. The summed E-state index contributed by atoms with van der Waals surface area (Å²) in [6.45, 7) is 1.94. The number of carbonyl (C=O) groups is 1. The Morgan fingerprint density at radius 2 is 1.86 bits per heavy atom. The van der Waals surface area contributed by atoms with Gasteiger partial charge in [-0.15, -0.1) is 11.3 Å². The maximum absolute atomic E-state index is 12.4. The topological polar surface area (TPSA) is 67.2 Å². The maximum Gasteiger partial charge on any atom is 0.250 e. The van der Waals surface area contributed by atoms with Crippen LogP contribution in [0.3, 0.4) is 0 Å². The highest BCUT2D eigenvalue weighted by Gasteiger charge is 2.12. The number of aromatic nitrogens is 1. The van der Waals surface area contributed by atoms with E-state index in [9.17, 15) is 4.79 Å². The van der Waals surface area contributed by atoms with Gasteiger partial charge in [0.2, 0.25) is 5.91 Å². The van der Waals surface area contributed by atoms with Gasteiger partial charge in [0, 0.05) is 27.9 Å². The minimum Gasteiger partial charge on any atom is -0.457 e. The number of nitrogens with one attached hydrogen (secondary N) is 2. The van der Waals surface area contributed by atoms with Crippen LogP contribution in [0.5, 0.6) is 0 Å². The summed E-state index contributed by atoms with van der Waals surface area (Å²) in [4.78, 5) is 17.1. The molecule has 0 spiro atoms. The number of nitrogens with zero attached hydrogens (tertiary/aromatic N) is 1. The van der Waals surface area contributed by atoms with Crippen molar-refractivity contribution in [2.75, 3.05) is 5.32 Å². The van der Waals surface area contributed by atoms with Crippen LogP contribution in [0.15, 0.2) is 83.3 Å². The Labute approximate surface area is 232 Å². The van der Waals surface area contributed by atoms with Crippen LogP contribution in [0.1, 0.15) is 11.3 Å². The zero-order valence-electron chi connectivity index (χ0n) is 19.4. The first kappa shape index (κ1) is 25.2. The van der Waals surface area contributed by atoms with Crippen molar-refractivity contribution in [3.05, 3.63) is 100 Å². The number of rotatable bonds is 5. The molecule has 0 fully saturated rings. The summed E-state index contributed by atoms with van der Waals surface area (Å²) in [5, 5.41) is 7.86. The van der Waals surface area contributed by atoms with Crippen LogP contribution in [0.4, 0.5) is 5.69 Å². The van der Waals surface area contributed by atoms with Gasteiger partial charge in [0.15, 0.2) is 5.11 Å². The molecule has 2 aromatic heterocycles. The Morgan fingerprint density at radius 1 is 1.03 bits per heavy atom. The number of carbonyl (C=O) groups excluding carboxylic acids is 1. The first-order valence-corrected chi connectivity index (χ1v) is 13.2. The van der Waals surface area contributed by atoms with Crippen molar-refractivity contribution in [1.82, 2.24) is 10.3 Å². The van der Waals surface area contributed by atoms with E-state index in [0.29, 0.717) is 27.3 Å². The molecule has 3 aromatic carbocycles.